The van der Waals surface area contributed by atoms with E-state index in [0.717, 1.165) is 0 Å². The van der Waals surface area contributed by atoms with Crippen molar-refractivity contribution < 1.29 is 24.0 Å². The van der Waals surface area contributed by atoms with Gasteiger partial charge in [-0.15, -0.1) is 0 Å². The zero-order chi connectivity index (χ0) is 22.3. The monoisotopic (exact) mass is 405 g/mol. The number of hydrogen-bond donors (Lipinski definition) is 1. The lowest BCUT2D eigenvalue weighted by Gasteiger charge is -2.27. The topological polar surface area (TPSA) is 119 Å². The van der Waals surface area contributed by atoms with Gasteiger partial charge in [0.05, 0.1) is 27.9 Å². The number of nitro groups is 1. The summed E-state index contributed by atoms with van der Waals surface area (Å²) in [5.41, 5.74) is 1.17. The van der Waals surface area contributed by atoms with Crippen molar-refractivity contribution in [2.45, 2.75) is 60.9 Å². The first-order chi connectivity index (χ1) is 13.3. The number of amides is 2. The molecule has 0 fully saturated rings. The molecule has 1 unspecified atom stereocenters. The number of ether oxygens (including phenoxy) is 1. The number of carbonyl (C=O) groups excluding carboxylic acids is 3. The third kappa shape index (κ3) is 4.23. The van der Waals surface area contributed by atoms with E-state index in [-0.39, 0.29) is 41.8 Å². The minimum atomic E-state index is -0.740. The van der Waals surface area contributed by atoms with Crippen molar-refractivity contribution in [3.8, 4) is 0 Å². The Morgan fingerprint density at radius 2 is 1.79 bits per heavy atom. The van der Waals surface area contributed by atoms with E-state index in [1.54, 1.807) is 34.6 Å². The molecule has 0 saturated carbocycles. The minimum absolute atomic E-state index is 0.0392. The normalized spacial score (nSPS) is 15.7. The second kappa shape index (κ2) is 7.81. The van der Waals surface area contributed by atoms with Gasteiger partial charge in [0.2, 0.25) is 11.8 Å². The lowest BCUT2D eigenvalue weighted by Crippen LogP contribution is -2.40. The van der Waals surface area contributed by atoms with Crippen LogP contribution in [0.2, 0.25) is 0 Å². The summed E-state index contributed by atoms with van der Waals surface area (Å²) in [6.45, 7) is 11.0. The Morgan fingerprint density at radius 3 is 2.24 bits per heavy atom. The fourth-order valence-electron chi connectivity index (χ4n) is 3.56. The highest BCUT2D eigenvalue weighted by Crippen LogP contribution is 2.47. The van der Waals surface area contributed by atoms with E-state index >= 15 is 0 Å². The number of nitrogens with one attached hydrogen (secondary N) is 1. The van der Waals surface area contributed by atoms with Gasteiger partial charge >= 0.3 is 5.97 Å². The molecule has 1 aromatic carbocycles. The molecule has 1 N–H and O–H groups in total. The van der Waals surface area contributed by atoms with Gasteiger partial charge in [0.25, 0.3) is 5.69 Å². The minimum Gasteiger partial charge on any atom is -0.464 e. The molecule has 9 heteroatoms. The standard InChI is InChI=1S/C20H27N3O6/c1-10-15-8-14(9-29-13(4)25)22(12(3)24)18(15)16(11(2)17(10)23(27)28)21-19(26)20(5,6)7/h14H,8-9H2,1-7H3,(H,21,26). The molecule has 2 rings (SSSR count). The number of benzene rings is 1. The summed E-state index contributed by atoms with van der Waals surface area (Å²) in [7, 11) is 0. The van der Waals surface area contributed by atoms with Crippen LogP contribution in [0.4, 0.5) is 17.1 Å². The fraction of sp³-hybridized carbons (Fsp3) is 0.550. The van der Waals surface area contributed by atoms with Gasteiger partial charge in [0.1, 0.15) is 6.61 Å². The molecular formula is C20H27N3O6. The molecule has 0 aliphatic carbocycles. The highest BCUT2D eigenvalue weighted by molar-refractivity contribution is 6.06. The van der Waals surface area contributed by atoms with Gasteiger partial charge in [-0.1, -0.05) is 20.8 Å². The second-order valence-corrected chi connectivity index (χ2v) is 8.31. The number of carbonyl (C=O) groups is 3. The second-order valence-electron chi connectivity index (χ2n) is 8.31. The number of hydrogen-bond acceptors (Lipinski definition) is 6. The van der Waals surface area contributed by atoms with E-state index in [9.17, 15) is 24.5 Å². The van der Waals surface area contributed by atoms with E-state index in [4.69, 9.17) is 4.74 Å². The van der Waals surface area contributed by atoms with Crippen molar-refractivity contribution in [1.82, 2.24) is 0 Å². The lowest BCUT2D eigenvalue weighted by atomic mass is 9.93. The van der Waals surface area contributed by atoms with Gasteiger partial charge in [0.15, 0.2) is 0 Å². The maximum absolute atomic E-state index is 12.7. The van der Waals surface area contributed by atoms with Gasteiger partial charge in [-0.25, -0.2) is 0 Å². The Hall–Kier alpha value is -2.97. The molecule has 1 atom stereocenters. The maximum Gasteiger partial charge on any atom is 0.302 e. The number of esters is 1. The fourth-order valence-corrected chi connectivity index (χ4v) is 3.56. The highest BCUT2D eigenvalue weighted by atomic mass is 16.6. The number of nitro benzene ring substituents is 1. The number of rotatable bonds is 4. The van der Waals surface area contributed by atoms with E-state index < -0.39 is 22.3 Å². The van der Waals surface area contributed by atoms with Crippen molar-refractivity contribution in [3.63, 3.8) is 0 Å². The zero-order valence-corrected chi connectivity index (χ0v) is 17.8. The van der Waals surface area contributed by atoms with Crippen LogP contribution < -0.4 is 10.2 Å². The highest BCUT2D eigenvalue weighted by Gasteiger charge is 2.40. The third-order valence-corrected chi connectivity index (χ3v) is 5.03. The SMILES string of the molecule is CC(=O)OCC1Cc2c(C)c([N+](=O)[O-])c(C)c(NC(=O)C(C)(C)C)c2N1C(C)=O. The molecule has 1 heterocycles. The van der Waals surface area contributed by atoms with Crippen LogP contribution >= 0.6 is 0 Å². The molecule has 158 valence electrons. The maximum atomic E-state index is 12.7. The summed E-state index contributed by atoms with van der Waals surface area (Å²) in [5.74, 6) is -1.11. The Morgan fingerprint density at radius 1 is 1.21 bits per heavy atom. The molecule has 0 bridgehead atoms. The summed E-state index contributed by atoms with van der Waals surface area (Å²) in [6.07, 6.45) is 0.285. The Kier molecular flexibility index (Phi) is 6.01. The Bertz CT molecular complexity index is 901. The first kappa shape index (κ1) is 22.3. The molecule has 0 saturated heterocycles. The molecule has 0 aromatic heterocycles. The summed E-state index contributed by atoms with van der Waals surface area (Å²) >= 11 is 0. The summed E-state index contributed by atoms with van der Waals surface area (Å²) in [6, 6.07) is -0.503. The van der Waals surface area contributed by atoms with E-state index in [0.29, 0.717) is 16.8 Å². The van der Waals surface area contributed by atoms with Crippen LogP contribution in [0.15, 0.2) is 0 Å². The van der Waals surface area contributed by atoms with Gasteiger partial charge in [-0.3, -0.25) is 24.5 Å². The molecule has 0 spiro atoms. The molecule has 29 heavy (non-hydrogen) atoms. The molecule has 0 radical (unpaired) electrons. The quantitative estimate of drug-likeness (QED) is 0.467. The van der Waals surface area contributed by atoms with Crippen LogP contribution in [0, 0.1) is 29.4 Å². The van der Waals surface area contributed by atoms with Gasteiger partial charge in [-0.05, 0) is 25.8 Å². The third-order valence-electron chi connectivity index (χ3n) is 5.03. The summed E-state index contributed by atoms with van der Waals surface area (Å²) in [4.78, 5) is 49.1. The van der Waals surface area contributed by atoms with E-state index in [1.807, 2.05) is 0 Å². The van der Waals surface area contributed by atoms with Crippen LogP contribution in [0.5, 0.6) is 0 Å². The Balaban J connectivity index is 2.72. The first-order valence-electron chi connectivity index (χ1n) is 9.32. The number of nitrogens with zero attached hydrogens (tertiary/aromatic N) is 2. The average Bonchev–Trinajstić information content (AvgIpc) is 2.95. The first-order valence-corrected chi connectivity index (χ1v) is 9.32. The van der Waals surface area contributed by atoms with Crippen molar-refractivity contribution in [3.05, 3.63) is 26.8 Å². The van der Waals surface area contributed by atoms with Crippen molar-refractivity contribution in [1.29, 1.82) is 0 Å². The van der Waals surface area contributed by atoms with Crippen molar-refractivity contribution >= 4 is 34.8 Å². The zero-order valence-electron chi connectivity index (χ0n) is 17.8. The largest absolute Gasteiger partial charge is 0.464 e. The molecular weight excluding hydrogens is 378 g/mol. The van der Waals surface area contributed by atoms with E-state index in [2.05, 4.69) is 5.32 Å². The molecule has 2 amide bonds. The molecule has 9 nitrogen and oxygen atoms in total. The van der Waals surface area contributed by atoms with Crippen LogP contribution in [-0.4, -0.2) is 35.4 Å². The van der Waals surface area contributed by atoms with Crippen LogP contribution in [0.3, 0.4) is 0 Å². The van der Waals surface area contributed by atoms with E-state index in [1.165, 1.54) is 18.7 Å². The molecule has 1 aliphatic rings. The Labute approximate surface area is 169 Å². The smallest absolute Gasteiger partial charge is 0.302 e. The summed E-state index contributed by atoms with van der Waals surface area (Å²) in [5, 5.41) is 14.5. The van der Waals surface area contributed by atoms with Gasteiger partial charge < -0.3 is 15.0 Å². The van der Waals surface area contributed by atoms with Gasteiger partial charge in [-0.2, -0.15) is 0 Å². The van der Waals surface area contributed by atoms with Crippen LogP contribution in [0.25, 0.3) is 0 Å². The predicted octanol–water partition coefficient (Wildman–Crippen LogP) is 3.04. The van der Waals surface area contributed by atoms with Crippen molar-refractivity contribution in [2.24, 2.45) is 5.41 Å². The molecule has 1 aliphatic heterocycles. The average molecular weight is 405 g/mol. The predicted molar refractivity (Wildman–Crippen MR) is 108 cm³/mol. The number of anilines is 2. The van der Waals surface area contributed by atoms with Gasteiger partial charge in [0, 0.05) is 24.8 Å². The van der Waals surface area contributed by atoms with Crippen LogP contribution in [-0.2, 0) is 25.5 Å². The number of fused-ring (bicyclic) bond motifs is 1. The molecule has 1 aromatic rings. The summed E-state index contributed by atoms with van der Waals surface area (Å²) < 4.78 is 5.11. The van der Waals surface area contributed by atoms with Crippen LogP contribution in [0.1, 0.15) is 51.3 Å². The lowest BCUT2D eigenvalue weighted by molar-refractivity contribution is -0.386. The van der Waals surface area contributed by atoms with Crippen molar-refractivity contribution in [2.75, 3.05) is 16.8 Å².